The average molecular weight is 507 g/mol. The molecule has 0 radical (unpaired) electrons. The number of carbonyl (C=O) groups is 1. The fraction of sp³-hybridized carbons (Fsp3) is 0.0278. The predicted molar refractivity (Wildman–Crippen MR) is 157 cm³/mol. The molecule has 0 amide bonds. The van der Waals surface area contributed by atoms with Gasteiger partial charge in [-0.1, -0.05) is 115 Å². The Labute approximate surface area is 228 Å². The Hall–Kier alpha value is -5.15. The molecular formula is C36H26O3. The summed E-state index contributed by atoms with van der Waals surface area (Å²) in [6.45, 7) is 1.98. The Bertz CT molecular complexity index is 1680. The fourth-order valence-electron chi connectivity index (χ4n) is 4.53. The summed E-state index contributed by atoms with van der Waals surface area (Å²) in [5.74, 6) is 1.11. The molecule has 188 valence electrons. The largest absolute Gasteiger partial charge is 0.449 e. The Balaban J connectivity index is 1.35. The lowest BCUT2D eigenvalue weighted by molar-refractivity contribution is -0.115. The summed E-state index contributed by atoms with van der Waals surface area (Å²) in [5.41, 5.74) is 7.23. The molecule has 1 aliphatic heterocycles. The molecule has 0 spiro atoms. The quantitative estimate of drug-likeness (QED) is 0.229. The maximum atomic E-state index is 13.7. The van der Waals surface area contributed by atoms with E-state index in [0.29, 0.717) is 11.5 Å². The van der Waals surface area contributed by atoms with Crippen LogP contribution in [-0.4, -0.2) is 5.78 Å². The van der Waals surface area contributed by atoms with Gasteiger partial charge in [-0.15, -0.1) is 0 Å². The van der Waals surface area contributed by atoms with Crippen LogP contribution in [-0.2, 0) is 4.79 Å². The molecule has 0 atom stereocenters. The molecular weight excluding hydrogens is 480 g/mol. The van der Waals surface area contributed by atoms with E-state index < -0.39 is 0 Å². The molecule has 6 rings (SSSR count). The highest BCUT2D eigenvalue weighted by molar-refractivity contribution is 6.11. The molecule has 3 nitrogen and oxygen atoms in total. The second-order valence-corrected chi connectivity index (χ2v) is 9.48. The summed E-state index contributed by atoms with van der Waals surface area (Å²) in [6.07, 6.45) is 3.53. The van der Waals surface area contributed by atoms with Gasteiger partial charge in [-0.05, 0) is 70.2 Å². The van der Waals surface area contributed by atoms with Gasteiger partial charge in [0.1, 0.15) is 0 Å². The first-order valence-electron chi connectivity index (χ1n) is 12.9. The van der Waals surface area contributed by atoms with Crippen molar-refractivity contribution >= 4 is 17.9 Å². The Kier molecular flexibility index (Phi) is 6.63. The predicted octanol–water partition coefficient (Wildman–Crippen LogP) is 8.75. The van der Waals surface area contributed by atoms with Gasteiger partial charge in [0, 0.05) is 0 Å². The molecule has 0 saturated heterocycles. The van der Waals surface area contributed by atoms with E-state index in [9.17, 15) is 4.79 Å². The smallest absolute Gasteiger partial charge is 0.263 e. The zero-order valence-corrected chi connectivity index (χ0v) is 21.5. The summed E-state index contributed by atoms with van der Waals surface area (Å²) >= 11 is 0. The Morgan fingerprint density at radius 1 is 0.487 bits per heavy atom. The first kappa shape index (κ1) is 24.2. The van der Waals surface area contributed by atoms with Gasteiger partial charge in [-0.3, -0.25) is 4.79 Å². The van der Waals surface area contributed by atoms with Crippen molar-refractivity contribution in [2.75, 3.05) is 0 Å². The van der Waals surface area contributed by atoms with E-state index in [-0.39, 0.29) is 17.3 Å². The summed E-state index contributed by atoms with van der Waals surface area (Å²) in [4.78, 5) is 13.7. The minimum atomic E-state index is -0.317. The summed E-state index contributed by atoms with van der Waals surface area (Å²) in [7, 11) is 0. The van der Waals surface area contributed by atoms with Crippen molar-refractivity contribution in [3.63, 3.8) is 0 Å². The number of aryl methyl sites for hydroxylation is 1. The van der Waals surface area contributed by atoms with Crippen LogP contribution in [0.25, 0.3) is 34.4 Å². The molecule has 5 aromatic carbocycles. The standard InChI is InChI=1S/C36H26O3/c1-25-12-21-32-33(22-25)39-35(24-27-15-19-31(20-16-27)29-10-6-3-7-11-29)36(37)34(38-32)23-26-13-17-30(18-14-26)28-8-4-2-5-9-28/h2-24H,1H3/b34-23-,35-24-. The third-order valence-corrected chi connectivity index (χ3v) is 6.62. The highest BCUT2D eigenvalue weighted by Gasteiger charge is 2.26. The van der Waals surface area contributed by atoms with E-state index in [2.05, 4.69) is 24.3 Å². The van der Waals surface area contributed by atoms with Crippen molar-refractivity contribution in [1.29, 1.82) is 0 Å². The summed E-state index contributed by atoms with van der Waals surface area (Å²) in [5, 5.41) is 0. The maximum absolute atomic E-state index is 13.7. The lowest BCUT2D eigenvalue weighted by Gasteiger charge is -2.07. The van der Waals surface area contributed by atoms with Crippen LogP contribution in [0.1, 0.15) is 16.7 Å². The van der Waals surface area contributed by atoms with E-state index in [1.807, 2.05) is 110 Å². The normalized spacial score (nSPS) is 14.8. The monoisotopic (exact) mass is 506 g/mol. The molecule has 0 saturated carbocycles. The first-order valence-corrected chi connectivity index (χ1v) is 12.9. The van der Waals surface area contributed by atoms with Gasteiger partial charge in [0.15, 0.2) is 23.0 Å². The van der Waals surface area contributed by atoms with Crippen molar-refractivity contribution < 1.29 is 14.3 Å². The van der Waals surface area contributed by atoms with Gasteiger partial charge < -0.3 is 9.47 Å². The lowest BCUT2D eigenvalue weighted by atomic mass is 10.0. The van der Waals surface area contributed by atoms with Crippen LogP contribution in [0.4, 0.5) is 0 Å². The van der Waals surface area contributed by atoms with Gasteiger partial charge in [-0.25, -0.2) is 0 Å². The van der Waals surface area contributed by atoms with Crippen LogP contribution < -0.4 is 9.47 Å². The van der Waals surface area contributed by atoms with Crippen LogP contribution in [0.15, 0.2) is 139 Å². The SMILES string of the molecule is Cc1ccc2c(c1)O/C(=C\c1ccc(-c3ccccc3)cc1)C(=O)/C(=C/c1ccc(-c3ccccc3)cc1)O2. The number of hydrogen-bond donors (Lipinski definition) is 0. The number of Topliss-reactive ketones (excluding diaryl/α,β-unsaturated/α-hetero) is 1. The van der Waals surface area contributed by atoms with Crippen molar-refractivity contribution in [2.45, 2.75) is 6.92 Å². The Morgan fingerprint density at radius 2 is 0.923 bits per heavy atom. The number of carbonyl (C=O) groups excluding carboxylic acids is 1. The number of ketones is 1. The van der Waals surface area contributed by atoms with Crippen LogP contribution in [0.2, 0.25) is 0 Å². The number of ether oxygens (including phenoxy) is 2. The highest BCUT2D eigenvalue weighted by atomic mass is 16.5. The van der Waals surface area contributed by atoms with Gasteiger partial charge >= 0.3 is 0 Å². The second-order valence-electron chi connectivity index (χ2n) is 9.48. The topological polar surface area (TPSA) is 35.5 Å². The zero-order valence-electron chi connectivity index (χ0n) is 21.5. The van der Waals surface area contributed by atoms with Crippen LogP contribution in [0, 0.1) is 6.92 Å². The van der Waals surface area contributed by atoms with E-state index in [1.54, 1.807) is 12.2 Å². The molecule has 39 heavy (non-hydrogen) atoms. The van der Waals surface area contributed by atoms with E-state index in [1.165, 1.54) is 0 Å². The lowest BCUT2D eigenvalue weighted by Crippen LogP contribution is -2.12. The van der Waals surface area contributed by atoms with Crippen LogP contribution in [0.3, 0.4) is 0 Å². The molecule has 5 aromatic rings. The third-order valence-electron chi connectivity index (χ3n) is 6.62. The van der Waals surface area contributed by atoms with Gasteiger partial charge in [-0.2, -0.15) is 0 Å². The molecule has 0 aliphatic carbocycles. The van der Waals surface area contributed by atoms with Crippen LogP contribution >= 0.6 is 0 Å². The number of rotatable bonds is 4. The van der Waals surface area contributed by atoms with Gasteiger partial charge in [0.25, 0.3) is 5.78 Å². The zero-order chi connectivity index (χ0) is 26.6. The molecule has 0 unspecified atom stereocenters. The van der Waals surface area contributed by atoms with Crippen LogP contribution in [0.5, 0.6) is 11.5 Å². The first-order chi connectivity index (χ1) is 19.1. The highest BCUT2D eigenvalue weighted by Crippen LogP contribution is 2.36. The molecule has 0 aromatic heterocycles. The van der Waals surface area contributed by atoms with E-state index in [0.717, 1.165) is 38.9 Å². The number of fused-ring (bicyclic) bond motifs is 1. The molecule has 1 aliphatic rings. The third kappa shape index (κ3) is 5.43. The Morgan fingerprint density at radius 3 is 1.41 bits per heavy atom. The minimum absolute atomic E-state index is 0.206. The summed E-state index contributed by atoms with van der Waals surface area (Å²) in [6, 6.07) is 42.2. The van der Waals surface area contributed by atoms with E-state index in [4.69, 9.17) is 9.47 Å². The van der Waals surface area contributed by atoms with Crippen molar-refractivity contribution in [3.05, 3.63) is 156 Å². The molecule has 1 heterocycles. The van der Waals surface area contributed by atoms with Gasteiger partial charge in [0.05, 0.1) is 0 Å². The molecule has 0 N–H and O–H groups in total. The summed E-state index contributed by atoms with van der Waals surface area (Å²) < 4.78 is 12.3. The van der Waals surface area contributed by atoms with Crippen molar-refractivity contribution in [3.8, 4) is 33.8 Å². The van der Waals surface area contributed by atoms with Gasteiger partial charge in [0.2, 0.25) is 0 Å². The molecule has 0 bridgehead atoms. The average Bonchev–Trinajstić information content (AvgIpc) is 3.10. The second kappa shape index (κ2) is 10.7. The fourth-order valence-corrected chi connectivity index (χ4v) is 4.53. The minimum Gasteiger partial charge on any atom is -0.449 e. The van der Waals surface area contributed by atoms with Crippen molar-refractivity contribution in [1.82, 2.24) is 0 Å². The number of hydrogen-bond acceptors (Lipinski definition) is 3. The van der Waals surface area contributed by atoms with Crippen molar-refractivity contribution in [2.24, 2.45) is 0 Å². The molecule has 0 fully saturated rings. The number of benzene rings is 5. The van der Waals surface area contributed by atoms with E-state index >= 15 is 0 Å². The maximum Gasteiger partial charge on any atom is 0.263 e. The molecule has 3 heteroatoms.